The zero-order valence-electron chi connectivity index (χ0n) is 17.8. The fraction of sp³-hybridized carbons (Fsp3) is 0.160. The molecule has 1 aliphatic heterocycles. The molecule has 32 heavy (non-hydrogen) atoms. The van der Waals surface area contributed by atoms with Crippen LogP contribution < -0.4 is 0 Å². The van der Waals surface area contributed by atoms with Gasteiger partial charge < -0.3 is 4.57 Å². The number of nitriles is 1. The van der Waals surface area contributed by atoms with Gasteiger partial charge in [-0.15, -0.1) is 0 Å². The summed E-state index contributed by atoms with van der Waals surface area (Å²) in [5.41, 5.74) is 6.22. The van der Waals surface area contributed by atoms with Gasteiger partial charge in [0, 0.05) is 21.5 Å². The van der Waals surface area contributed by atoms with E-state index < -0.39 is 0 Å². The fourth-order valence-corrected chi connectivity index (χ4v) is 4.89. The van der Waals surface area contributed by atoms with Gasteiger partial charge in [0.25, 0.3) is 11.1 Å². The molecule has 0 saturated carbocycles. The van der Waals surface area contributed by atoms with Crippen molar-refractivity contribution >= 4 is 44.9 Å². The normalized spacial score (nSPS) is 15.0. The molecule has 160 valence electrons. The molecule has 1 saturated heterocycles. The van der Waals surface area contributed by atoms with Crippen molar-refractivity contribution in [2.45, 2.75) is 27.3 Å². The fourth-order valence-electron chi connectivity index (χ4n) is 3.81. The maximum absolute atomic E-state index is 13.0. The van der Waals surface area contributed by atoms with Crippen LogP contribution in [0.2, 0.25) is 0 Å². The first-order chi connectivity index (χ1) is 15.3. The number of thioether (sulfide) groups is 1. The number of carbonyl (C=O) groups is 2. The number of carbonyl (C=O) groups excluding carboxylic acids is 2. The summed E-state index contributed by atoms with van der Waals surface area (Å²) in [6.45, 7) is 6.15. The van der Waals surface area contributed by atoms with Gasteiger partial charge in [-0.25, -0.2) is 0 Å². The molecule has 1 aliphatic rings. The van der Waals surface area contributed by atoms with Gasteiger partial charge in [0.15, 0.2) is 0 Å². The van der Waals surface area contributed by atoms with Crippen LogP contribution in [0.4, 0.5) is 4.79 Å². The minimum Gasteiger partial charge on any atom is -0.318 e. The van der Waals surface area contributed by atoms with Gasteiger partial charge in [-0.3, -0.25) is 14.5 Å². The van der Waals surface area contributed by atoms with Gasteiger partial charge in [0.05, 0.1) is 23.1 Å². The highest BCUT2D eigenvalue weighted by atomic mass is 79.9. The molecule has 2 aromatic carbocycles. The van der Waals surface area contributed by atoms with Gasteiger partial charge in [0.1, 0.15) is 0 Å². The monoisotopic (exact) mass is 505 g/mol. The zero-order chi connectivity index (χ0) is 23.0. The molecule has 0 atom stereocenters. The SMILES string of the molecule is Cc1cc(-n2c(C)cc(/C=C3/SC(=O)N(Cc4ccccc4C#N)C3=O)c2C)ccc1Br. The standard InChI is InChI=1S/C25H20BrN3O2S/c1-15-10-21(8-9-22(15)26)29-16(2)11-20(17(29)3)12-23-24(30)28(25(31)32-23)14-19-7-5-4-6-18(19)13-27/h4-12H,14H2,1-3H3/b23-12+. The Bertz CT molecular complexity index is 1330. The Balaban J connectivity index is 1.65. The molecule has 1 aromatic heterocycles. The quantitative estimate of drug-likeness (QED) is 0.391. The molecule has 0 aliphatic carbocycles. The molecule has 2 amide bonds. The smallest absolute Gasteiger partial charge is 0.293 e. The second-order valence-electron chi connectivity index (χ2n) is 7.63. The van der Waals surface area contributed by atoms with Crippen LogP contribution in [-0.2, 0) is 11.3 Å². The van der Waals surface area contributed by atoms with Crippen LogP contribution in [0, 0.1) is 32.1 Å². The topological polar surface area (TPSA) is 66.1 Å². The summed E-state index contributed by atoms with van der Waals surface area (Å²) >= 11 is 4.47. The number of benzene rings is 2. The van der Waals surface area contributed by atoms with Crippen LogP contribution in [0.1, 0.15) is 33.6 Å². The molecule has 2 heterocycles. The van der Waals surface area contributed by atoms with Crippen LogP contribution in [-0.4, -0.2) is 20.6 Å². The lowest BCUT2D eigenvalue weighted by atomic mass is 10.1. The van der Waals surface area contributed by atoms with E-state index in [1.165, 1.54) is 4.90 Å². The highest BCUT2D eigenvalue weighted by Gasteiger charge is 2.35. The average molecular weight is 506 g/mol. The Morgan fingerprint density at radius 3 is 2.56 bits per heavy atom. The minimum absolute atomic E-state index is 0.0862. The van der Waals surface area contributed by atoms with Crippen LogP contribution in [0.15, 0.2) is 57.9 Å². The lowest BCUT2D eigenvalue weighted by Crippen LogP contribution is -2.27. The van der Waals surface area contributed by atoms with Crippen molar-refractivity contribution in [2.24, 2.45) is 0 Å². The molecule has 3 aromatic rings. The van der Waals surface area contributed by atoms with E-state index in [1.807, 2.05) is 39.0 Å². The van der Waals surface area contributed by atoms with Crippen molar-refractivity contribution in [1.29, 1.82) is 5.26 Å². The molecule has 0 radical (unpaired) electrons. The number of aryl methyl sites for hydroxylation is 2. The molecule has 0 unspecified atom stereocenters. The van der Waals surface area contributed by atoms with E-state index in [0.717, 1.165) is 44.4 Å². The van der Waals surface area contributed by atoms with E-state index in [1.54, 1.807) is 30.3 Å². The van der Waals surface area contributed by atoms with E-state index in [-0.39, 0.29) is 17.7 Å². The molecule has 0 bridgehead atoms. The van der Waals surface area contributed by atoms with Gasteiger partial charge in [0.2, 0.25) is 0 Å². The van der Waals surface area contributed by atoms with Crippen LogP contribution in [0.25, 0.3) is 11.8 Å². The molecule has 1 fully saturated rings. The Kier molecular flexibility index (Phi) is 6.09. The Labute approximate surface area is 199 Å². The zero-order valence-corrected chi connectivity index (χ0v) is 20.3. The molecular formula is C25H20BrN3O2S. The highest BCUT2D eigenvalue weighted by molar-refractivity contribution is 9.10. The summed E-state index contributed by atoms with van der Waals surface area (Å²) in [5.74, 6) is -0.336. The van der Waals surface area contributed by atoms with Crippen LogP contribution in [0.3, 0.4) is 0 Å². The summed E-state index contributed by atoms with van der Waals surface area (Å²) < 4.78 is 3.19. The first-order valence-electron chi connectivity index (χ1n) is 9.99. The predicted molar refractivity (Wildman–Crippen MR) is 130 cm³/mol. The second-order valence-corrected chi connectivity index (χ2v) is 9.48. The Morgan fingerprint density at radius 1 is 1.09 bits per heavy atom. The number of aromatic nitrogens is 1. The van der Waals surface area contributed by atoms with Crippen molar-refractivity contribution in [1.82, 2.24) is 9.47 Å². The van der Waals surface area contributed by atoms with E-state index in [0.29, 0.717) is 16.0 Å². The number of imide groups is 1. The largest absolute Gasteiger partial charge is 0.318 e. The predicted octanol–water partition coefficient (Wildman–Crippen LogP) is 6.27. The molecule has 0 spiro atoms. The van der Waals surface area contributed by atoms with Crippen LogP contribution >= 0.6 is 27.7 Å². The average Bonchev–Trinajstić information content (AvgIpc) is 3.20. The van der Waals surface area contributed by atoms with Crippen molar-refractivity contribution in [3.63, 3.8) is 0 Å². The number of amides is 2. The molecular weight excluding hydrogens is 486 g/mol. The number of rotatable bonds is 4. The summed E-state index contributed by atoms with van der Waals surface area (Å²) in [7, 11) is 0. The number of nitrogens with zero attached hydrogens (tertiary/aromatic N) is 3. The molecule has 7 heteroatoms. The maximum Gasteiger partial charge on any atom is 0.293 e. The minimum atomic E-state index is -0.336. The third kappa shape index (κ3) is 4.04. The third-order valence-electron chi connectivity index (χ3n) is 5.50. The molecule has 5 nitrogen and oxygen atoms in total. The number of halogens is 1. The summed E-state index contributed by atoms with van der Waals surface area (Å²) in [4.78, 5) is 27.2. The maximum atomic E-state index is 13.0. The molecule has 0 N–H and O–H groups in total. The third-order valence-corrected chi connectivity index (χ3v) is 7.29. The van der Waals surface area contributed by atoms with Gasteiger partial charge in [-0.05, 0) is 85.6 Å². The first kappa shape index (κ1) is 22.1. The second kappa shape index (κ2) is 8.81. The van der Waals surface area contributed by atoms with Crippen LogP contribution in [0.5, 0.6) is 0 Å². The molecule has 4 rings (SSSR count). The van der Waals surface area contributed by atoms with E-state index in [4.69, 9.17) is 0 Å². The summed E-state index contributed by atoms with van der Waals surface area (Å²) in [5, 5.41) is 8.97. The van der Waals surface area contributed by atoms with Crippen molar-refractivity contribution in [2.75, 3.05) is 0 Å². The van der Waals surface area contributed by atoms with Gasteiger partial charge >= 0.3 is 0 Å². The number of hydrogen-bond donors (Lipinski definition) is 0. The van der Waals surface area contributed by atoms with Crippen molar-refractivity contribution in [3.05, 3.63) is 91.6 Å². The van der Waals surface area contributed by atoms with E-state index in [9.17, 15) is 14.9 Å². The highest BCUT2D eigenvalue weighted by Crippen LogP contribution is 2.35. The van der Waals surface area contributed by atoms with Crippen molar-refractivity contribution in [3.8, 4) is 11.8 Å². The Hall–Kier alpha value is -3.08. The van der Waals surface area contributed by atoms with Crippen molar-refractivity contribution < 1.29 is 9.59 Å². The van der Waals surface area contributed by atoms with Gasteiger partial charge in [-0.1, -0.05) is 34.1 Å². The lowest BCUT2D eigenvalue weighted by molar-refractivity contribution is -0.123. The lowest BCUT2D eigenvalue weighted by Gasteiger charge is -2.13. The van der Waals surface area contributed by atoms with E-state index >= 15 is 0 Å². The summed E-state index contributed by atoms with van der Waals surface area (Å²) in [6.07, 6.45) is 1.78. The Morgan fingerprint density at radius 2 is 1.84 bits per heavy atom. The van der Waals surface area contributed by atoms with Gasteiger partial charge in [-0.2, -0.15) is 5.26 Å². The number of hydrogen-bond acceptors (Lipinski definition) is 4. The summed E-state index contributed by atoms with van der Waals surface area (Å²) in [6, 6.07) is 17.3. The van der Waals surface area contributed by atoms with E-state index in [2.05, 4.69) is 32.6 Å². The first-order valence-corrected chi connectivity index (χ1v) is 11.6.